The zero-order chi connectivity index (χ0) is 13.1. The fraction of sp³-hybridized carbons (Fsp3) is 0.647. The van der Waals surface area contributed by atoms with Crippen LogP contribution in [0.2, 0.25) is 0 Å². The molecule has 2 aliphatic heterocycles. The number of rotatable bonds is 3. The van der Waals surface area contributed by atoms with Gasteiger partial charge in [-0.05, 0) is 51.3 Å². The SMILES string of the molecule is Cc1cccc(CN2CCCCC2C2CCCN2)c1. The Labute approximate surface area is 117 Å². The Morgan fingerprint density at radius 3 is 2.95 bits per heavy atom. The normalized spacial score (nSPS) is 28.7. The molecule has 0 bridgehead atoms. The van der Waals surface area contributed by atoms with Gasteiger partial charge in [0, 0.05) is 18.6 Å². The zero-order valence-electron chi connectivity index (χ0n) is 12.1. The molecule has 0 aliphatic carbocycles. The molecule has 1 N–H and O–H groups in total. The molecule has 104 valence electrons. The van der Waals surface area contributed by atoms with E-state index in [0.717, 1.165) is 18.6 Å². The van der Waals surface area contributed by atoms with Gasteiger partial charge in [-0.15, -0.1) is 0 Å². The number of hydrogen-bond donors (Lipinski definition) is 1. The summed E-state index contributed by atoms with van der Waals surface area (Å²) in [6, 6.07) is 10.5. The summed E-state index contributed by atoms with van der Waals surface area (Å²) in [5.74, 6) is 0. The third-order valence-corrected chi connectivity index (χ3v) is 4.70. The number of piperidine rings is 1. The van der Waals surface area contributed by atoms with Crippen molar-refractivity contribution in [1.82, 2.24) is 10.2 Å². The topological polar surface area (TPSA) is 15.3 Å². The predicted molar refractivity (Wildman–Crippen MR) is 80.3 cm³/mol. The molecule has 2 unspecified atom stereocenters. The molecule has 0 radical (unpaired) electrons. The summed E-state index contributed by atoms with van der Waals surface area (Å²) in [6.45, 7) is 5.82. The Bertz CT molecular complexity index is 409. The molecule has 0 spiro atoms. The third-order valence-electron chi connectivity index (χ3n) is 4.70. The molecule has 3 rings (SSSR count). The van der Waals surface area contributed by atoms with Crippen LogP contribution >= 0.6 is 0 Å². The van der Waals surface area contributed by atoms with Crippen LogP contribution in [-0.4, -0.2) is 30.1 Å². The second-order valence-electron chi connectivity index (χ2n) is 6.23. The maximum Gasteiger partial charge on any atom is 0.0252 e. The number of nitrogens with one attached hydrogen (secondary N) is 1. The van der Waals surface area contributed by atoms with Crippen LogP contribution in [0.3, 0.4) is 0 Å². The minimum atomic E-state index is 0.741. The smallest absolute Gasteiger partial charge is 0.0252 e. The number of benzene rings is 1. The summed E-state index contributed by atoms with van der Waals surface area (Å²) in [4.78, 5) is 2.72. The van der Waals surface area contributed by atoms with E-state index in [1.165, 1.54) is 56.3 Å². The van der Waals surface area contributed by atoms with Gasteiger partial charge >= 0.3 is 0 Å². The molecule has 2 fully saturated rings. The van der Waals surface area contributed by atoms with Crippen molar-refractivity contribution in [3.8, 4) is 0 Å². The van der Waals surface area contributed by atoms with E-state index in [4.69, 9.17) is 0 Å². The standard InChI is InChI=1S/C17H26N2/c1-14-6-4-7-15(12-14)13-19-11-3-2-9-17(19)16-8-5-10-18-16/h4,6-7,12,16-18H,2-3,5,8-11,13H2,1H3. The molecule has 0 saturated carbocycles. The van der Waals surface area contributed by atoms with E-state index in [2.05, 4.69) is 41.4 Å². The van der Waals surface area contributed by atoms with E-state index in [1.54, 1.807) is 0 Å². The van der Waals surface area contributed by atoms with Crippen molar-refractivity contribution < 1.29 is 0 Å². The largest absolute Gasteiger partial charge is 0.312 e. The Kier molecular flexibility index (Phi) is 4.19. The summed E-state index contributed by atoms with van der Waals surface area (Å²) in [6.07, 6.45) is 6.89. The first-order valence-electron chi connectivity index (χ1n) is 7.86. The lowest BCUT2D eigenvalue weighted by Gasteiger charge is -2.39. The first kappa shape index (κ1) is 13.1. The van der Waals surface area contributed by atoms with Crippen LogP contribution < -0.4 is 5.32 Å². The van der Waals surface area contributed by atoms with Crippen molar-refractivity contribution in [3.63, 3.8) is 0 Å². The monoisotopic (exact) mass is 258 g/mol. The van der Waals surface area contributed by atoms with Gasteiger partial charge in [0.15, 0.2) is 0 Å². The molecule has 2 heterocycles. The maximum absolute atomic E-state index is 3.71. The van der Waals surface area contributed by atoms with Gasteiger partial charge in [-0.3, -0.25) is 4.90 Å². The first-order valence-corrected chi connectivity index (χ1v) is 7.86. The summed E-state index contributed by atoms with van der Waals surface area (Å²) >= 11 is 0. The van der Waals surface area contributed by atoms with Gasteiger partial charge in [0.1, 0.15) is 0 Å². The average Bonchev–Trinajstić information content (AvgIpc) is 2.93. The van der Waals surface area contributed by atoms with Crippen molar-refractivity contribution >= 4 is 0 Å². The number of hydrogen-bond acceptors (Lipinski definition) is 2. The number of nitrogens with zero attached hydrogens (tertiary/aromatic N) is 1. The number of aryl methyl sites for hydroxylation is 1. The molecule has 1 aromatic rings. The van der Waals surface area contributed by atoms with Crippen LogP contribution in [0.1, 0.15) is 43.2 Å². The second kappa shape index (κ2) is 6.06. The summed E-state index contributed by atoms with van der Waals surface area (Å²) in [7, 11) is 0. The highest BCUT2D eigenvalue weighted by atomic mass is 15.2. The average molecular weight is 258 g/mol. The molecule has 2 aliphatic rings. The van der Waals surface area contributed by atoms with Crippen LogP contribution in [0.4, 0.5) is 0 Å². The molecule has 19 heavy (non-hydrogen) atoms. The van der Waals surface area contributed by atoms with Gasteiger partial charge in [-0.25, -0.2) is 0 Å². The van der Waals surface area contributed by atoms with Gasteiger partial charge in [0.2, 0.25) is 0 Å². The second-order valence-corrected chi connectivity index (χ2v) is 6.23. The van der Waals surface area contributed by atoms with Crippen molar-refractivity contribution in [1.29, 1.82) is 0 Å². The van der Waals surface area contributed by atoms with E-state index in [-0.39, 0.29) is 0 Å². The van der Waals surface area contributed by atoms with Crippen molar-refractivity contribution in [2.24, 2.45) is 0 Å². The minimum absolute atomic E-state index is 0.741. The van der Waals surface area contributed by atoms with E-state index in [0.29, 0.717) is 0 Å². The summed E-state index contributed by atoms with van der Waals surface area (Å²) < 4.78 is 0. The van der Waals surface area contributed by atoms with Crippen molar-refractivity contribution in [2.45, 2.75) is 57.7 Å². The highest BCUT2D eigenvalue weighted by Gasteiger charge is 2.31. The van der Waals surface area contributed by atoms with Crippen LogP contribution in [-0.2, 0) is 6.54 Å². The third kappa shape index (κ3) is 3.18. The molecule has 0 amide bonds. The molecule has 2 heteroatoms. The highest BCUT2D eigenvalue weighted by molar-refractivity contribution is 5.22. The zero-order valence-corrected chi connectivity index (χ0v) is 12.1. The number of likely N-dealkylation sites (tertiary alicyclic amines) is 1. The Morgan fingerprint density at radius 2 is 2.16 bits per heavy atom. The predicted octanol–water partition coefficient (Wildman–Crippen LogP) is 3.10. The maximum atomic E-state index is 3.71. The van der Waals surface area contributed by atoms with E-state index in [9.17, 15) is 0 Å². The van der Waals surface area contributed by atoms with E-state index < -0.39 is 0 Å². The lowest BCUT2D eigenvalue weighted by molar-refractivity contribution is 0.112. The van der Waals surface area contributed by atoms with Crippen LogP contribution in [0.15, 0.2) is 24.3 Å². The van der Waals surface area contributed by atoms with E-state index >= 15 is 0 Å². The molecular weight excluding hydrogens is 232 g/mol. The van der Waals surface area contributed by atoms with Crippen molar-refractivity contribution in [2.75, 3.05) is 13.1 Å². The molecular formula is C17H26N2. The van der Waals surface area contributed by atoms with Crippen LogP contribution in [0.25, 0.3) is 0 Å². The fourth-order valence-electron chi connectivity index (χ4n) is 3.75. The van der Waals surface area contributed by atoms with Gasteiger partial charge in [0.05, 0.1) is 0 Å². The van der Waals surface area contributed by atoms with E-state index in [1.807, 2.05) is 0 Å². The van der Waals surface area contributed by atoms with Gasteiger partial charge < -0.3 is 5.32 Å². The van der Waals surface area contributed by atoms with Gasteiger partial charge in [-0.2, -0.15) is 0 Å². The first-order chi connectivity index (χ1) is 9.33. The van der Waals surface area contributed by atoms with Crippen molar-refractivity contribution in [3.05, 3.63) is 35.4 Å². The van der Waals surface area contributed by atoms with Gasteiger partial charge in [0.25, 0.3) is 0 Å². The quantitative estimate of drug-likeness (QED) is 0.896. The summed E-state index contributed by atoms with van der Waals surface area (Å²) in [5, 5.41) is 3.71. The van der Waals surface area contributed by atoms with Gasteiger partial charge in [-0.1, -0.05) is 36.2 Å². The molecule has 2 atom stereocenters. The lowest BCUT2D eigenvalue weighted by atomic mass is 9.94. The summed E-state index contributed by atoms with van der Waals surface area (Å²) in [5.41, 5.74) is 2.86. The highest BCUT2D eigenvalue weighted by Crippen LogP contribution is 2.25. The molecule has 0 aromatic heterocycles. The Morgan fingerprint density at radius 1 is 1.21 bits per heavy atom. The fourth-order valence-corrected chi connectivity index (χ4v) is 3.75. The molecule has 2 saturated heterocycles. The van der Waals surface area contributed by atoms with Crippen LogP contribution in [0, 0.1) is 6.92 Å². The minimum Gasteiger partial charge on any atom is -0.312 e. The Hall–Kier alpha value is -0.860. The van der Waals surface area contributed by atoms with Crippen LogP contribution in [0.5, 0.6) is 0 Å². The molecule has 1 aromatic carbocycles. The Balaban J connectivity index is 1.69. The molecule has 2 nitrogen and oxygen atoms in total. The lowest BCUT2D eigenvalue weighted by Crippen LogP contribution is -2.49.